The molecule has 1 aliphatic rings. The molecule has 21 heavy (non-hydrogen) atoms. The van der Waals surface area contributed by atoms with Gasteiger partial charge in [0.2, 0.25) is 0 Å². The number of thioether (sulfide) groups is 1. The second-order valence-electron chi connectivity index (χ2n) is 5.66. The normalized spacial score (nSPS) is 19.5. The molecule has 1 aromatic rings. The predicted octanol–water partition coefficient (Wildman–Crippen LogP) is 2.31. The van der Waals surface area contributed by atoms with Crippen molar-refractivity contribution in [1.82, 2.24) is 15.5 Å². The minimum Gasteiger partial charge on any atom is -0.337 e. The number of rotatable bonds is 6. The Bertz CT molecular complexity index is 434. The number of likely N-dealkylation sites (N-methyl/N-ethyl adjacent to an activating group) is 1. The number of nitrogens with one attached hydrogen (secondary N) is 2. The van der Waals surface area contributed by atoms with E-state index in [0.29, 0.717) is 18.6 Å². The molecular formula is C16H25N3OS. The zero-order valence-corrected chi connectivity index (χ0v) is 13.7. The van der Waals surface area contributed by atoms with Crippen LogP contribution in [-0.4, -0.2) is 48.1 Å². The van der Waals surface area contributed by atoms with Gasteiger partial charge in [0, 0.05) is 30.9 Å². The van der Waals surface area contributed by atoms with E-state index in [2.05, 4.69) is 53.8 Å². The van der Waals surface area contributed by atoms with Crippen LogP contribution in [0.15, 0.2) is 30.3 Å². The van der Waals surface area contributed by atoms with Gasteiger partial charge in [0.15, 0.2) is 0 Å². The molecular weight excluding hydrogens is 282 g/mol. The summed E-state index contributed by atoms with van der Waals surface area (Å²) in [5.41, 5.74) is 1.29. The second kappa shape index (κ2) is 8.29. The Labute approximate surface area is 131 Å². The first-order chi connectivity index (χ1) is 10.1. The Morgan fingerprint density at radius 3 is 2.86 bits per heavy atom. The Balaban J connectivity index is 1.68. The van der Waals surface area contributed by atoms with Gasteiger partial charge in [-0.2, -0.15) is 11.8 Å². The highest BCUT2D eigenvalue weighted by Gasteiger charge is 2.18. The van der Waals surface area contributed by atoms with Crippen LogP contribution in [0.3, 0.4) is 0 Å². The lowest BCUT2D eigenvalue weighted by molar-refractivity contribution is 0.221. The highest BCUT2D eigenvalue weighted by atomic mass is 32.2. The fraction of sp³-hybridized carbons (Fsp3) is 0.562. The van der Waals surface area contributed by atoms with Gasteiger partial charge in [-0.15, -0.1) is 0 Å². The van der Waals surface area contributed by atoms with E-state index in [1.165, 1.54) is 5.56 Å². The molecule has 0 unspecified atom stereocenters. The zero-order valence-electron chi connectivity index (χ0n) is 12.8. The third-order valence-electron chi connectivity index (χ3n) is 3.85. The monoisotopic (exact) mass is 307 g/mol. The number of hydrogen-bond donors (Lipinski definition) is 2. The highest BCUT2D eigenvalue weighted by molar-refractivity contribution is 7.99. The molecule has 0 spiro atoms. The van der Waals surface area contributed by atoms with Crippen molar-refractivity contribution in [3.63, 3.8) is 0 Å². The Morgan fingerprint density at radius 1 is 1.43 bits per heavy atom. The van der Waals surface area contributed by atoms with Gasteiger partial charge in [-0.1, -0.05) is 30.3 Å². The van der Waals surface area contributed by atoms with Crippen LogP contribution in [0.4, 0.5) is 4.79 Å². The van der Waals surface area contributed by atoms with Gasteiger partial charge >= 0.3 is 6.03 Å². The quantitative estimate of drug-likeness (QED) is 0.848. The van der Waals surface area contributed by atoms with Crippen molar-refractivity contribution in [2.75, 3.05) is 25.1 Å². The second-order valence-corrected chi connectivity index (χ2v) is 6.81. The summed E-state index contributed by atoms with van der Waals surface area (Å²) in [6.07, 6.45) is 1.08. The number of carbonyl (C=O) groups is 1. The Kier molecular flexibility index (Phi) is 6.39. The molecule has 0 bridgehead atoms. The minimum absolute atomic E-state index is 0.0394. The van der Waals surface area contributed by atoms with Crippen LogP contribution < -0.4 is 10.6 Å². The largest absolute Gasteiger partial charge is 0.337 e. The van der Waals surface area contributed by atoms with Gasteiger partial charge in [-0.25, -0.2) is 4.79 Å². The molecule has 0 saturated carbocycles. The van der Waals surface area contributed by atoms with Gasteiger partial charge in [0.25, 0.3) is 0 Å². The lowest BCUT2D eigenvalue weighted by atomic mass is 10.2. The molecule has 116 valence electrons. The van der Waals surface area contributed by atoms with E-state index in [4.69, 9.17) is 0 Å². The maximum atomic E-state index is 11.8. The van der Waals surface area contributed by atoms with Crippen LogP contribution >= 0.6 is 11.8 Å². The van der Waals surface area contributed by atoms with Crippen LogP contribution in [0.1, 0.15) is 18.9 Å². The molecule has 2 atom stereocenters. The molecule has 2 amide bonds. The molecule has 0 aliphatic carbocycles. The van der Waals surface area contributed by atoms with Gasteiger partial charge in [-0.05, 0) is 31.7 Å². The number of urea groups is 1. The Hall–Kier alpha value is -1.20. The molecule has 1 aromatic carbocycles. The van der Waals surface area contributed by atoms with E-state index in [1.807, 2.05) is 17.8 Å². The van der Waals surface area contributed by atoms with E-state index in [1.54, 1.807) is 0 Å². The lowest BCUT2D eigenvalue weighted by Crippen LogP contribution is -2.46. The molecule has 4 nitrogen and oxygen atoms in total. The molecule has 0 aromatic heterocycles. The summed E-state index contributed by atoms with van der Waals surface area (Å²) in [6.45, 7) is 3.69. The smallest absolute Gasteiger partial charge is 0.315 e. The van der Waals surface area contributed by atoms with Crippen molar-refractivity contribution in [2.24, 2.45) is 0 Å². The Morgan fingerprint density at radius 2 is 2.19 bits per heavy atom. The third-order valence-corrected chi connectivity index (χ3v) is 5.01. The molecule has 1 saturated heterocycles. The van der Waals surface area contributed by atoms with Gasteiger partial charge in [0.1, 0.15) is 0 Å². The third kappa shape index (κ3) is 5.59. The first-order valence-corrected chi connectivity index (χ1v) is 8.67. The average molecular weight is 307 g/mol. The standard InChI is InChI=1S/C16H25N3OS/c1-13(19(2)11-14-6-4-3-5-7-14)10-17-16(20)18-15-8-9-21-12-15/h3-7,13,15H,8-12H2,1-2H3,(H2,17,18,20)/t13-,15-/m1/s1. The molecule has 2 N–H and O–H groups in total. The molecule has 1 heterocycles. The fourth-order valence-electron chi connectivity index (χ4n) is 2.31. The average Bonchev–Trinajstić information content (AvgIpc) is 2.98. The maximum Gasteiger partial charge on any atom is 0.315 e. The van der Waals surface area contributed by atoms with E-state index < -0.39 is 0 Å². The van der Waals surface area contributed by atoms with E-state index in [-0.39, 0.29) is 6.03 Å². The first kappa shape index (κ1) is 16.2. The highest BCUT2D eigenvalue weighted by Crippen LogP contribution is 2.16. The zero-order chi connectivity index (χ0) is 15.1. The van der Waals surface area contributed by atoms with Crippen LogP contribution in [0.25, 0.3) is 0 Å². The first-order valence-electron chi connectivity index (χ1n) is 7.51. The fourth-order valence-corrected chi connectivity index (χ4v) is 3.46. The number of hydrogen-bond acceptors (Lipinski definition) is 3. The van der Waals surface area contributed by atoms with Gasteiger partial charge in [0.05, 0.1) is 0 Å². The van der Waals surface area contributed by atoms with Crippen LogP contribution in [0.2, 0.25) is 0 Å². The summed E-state index contributed by atoms with van der Waals surface area (Å²) in [7, 11) is 2.09. The van der Waals surface area contributed by atoms with E-state index in [9.17, 15) is 4.79 Å². The van der Waals surface area contributed by atoms with Gasteiger partial charge in [-0.3, -0.25) is 4.90 Å². The molecule has 2 rings (SSSR count). The minimum atomic E-state index is -0.0394. The predicted molar refractivity (Wildman–Crippen MR) is 89.6 cm³/mol. The summed E-state index contributed by atoms with van der Waals surface area (Å²) < 4.78 is 0. The van der Waals surface area contributed by atoms with Crippen molar-refractivity contribution < 1.29 is 4.79 Å². The summed E-state index contributed by atoms with van der Waals surface area (Å²) in [5.74, 6) is 2.19. The van der Waals surface area contributed by atoms with Crippen molar-refractivity contribution >= 4 is 17.8 Å². The lowest BCUT2D eigenvalue weighted by Gasteiger charge is -2.25. The number of amides is 2. The molecule has 1 aliphatic heterocycles. The van der Waals surface area contributed by atoms with Gasteiger partial charge < -0.3 is 10.6 Å². The van der Waals surface area contributed by atoms with Crippen molar-refractivity contribution in [2.45, 2.75) is 32.0 Å². The van der Waals surface area contributed by atoms with Crippen molar-refractivity contribution in [1.29, 1.82) is 0 Å². The number of benzene rings is 1. The number of carbonyl (C=O) groups excluding carboxylic acids is 1. The number of nitrogens with zero attached hydrogens (tertiary/aromatic N) is 1. The summed E-state index contributed by atoms with van der Waals surface area (Å²) in [5, 5.41) is 6.01. The topological polar surface area (TPSA) is 44.4 Å². The van der Waals surface area contributed by atoms with E-state index in [0.717, 1.165) is 24.5 Å². The molecule has 1 fully saturated rings. The molecule has 5 heteroatoms. The van der Waals surface area contributed by atoms with E-state index >= 15 is 0 Å². The summed E-state index contributed by atoms with van der Waals surface area (Å²) in [4.78, 5) is 14.1. The van der Waals surface area contributed by atoms with Crippen LogP contribution in [0.5, 0.6) is 0 Å². The summed E-state index contributed by atoms with van der Waals surface area (Å²) >= 11 is 1.90. The van der Waals surface area contributed by atoms with Crippen LogP contribution in [0, 0.1) is 0 Å². The maximum absolute atomic E-state index is 11.8. The SMILES string of the molecule is C[C@H](CNC(=O)N[C@@H]1CCSC1)N(C)Cc1ccccc1. The van der Waals surface area contributed by atoms with Crippen molar-refractivity contribution in [3.05, 3.63) is 35.9 Å². The summed E-state index contributed by atoms with van der Waals surface area (Å²) in [6, 6.07) is 11.0. The molecule has 0 radical (unpaired) electrons. The van der Waals surface area contributed by atoms with Crippen molar-refractivity contribution in [3.8, 4) is 0 Å². The van der Waals surface area contributed by atoms with Crippen LogP contribution in [-0.2, 0) is 6.54 Å².